The third kappa shape index (κ3) is 4.21. The van der Waals surface area contributed by atoms with Crippen molar-refractivity contribution in [1.82, 2.24) is 10.3 Å². The van der Waals surface area contributed by atoms with Crippen LogP contribution >= 0.6 is 0 Å². The van der Waals surface area contributed by atoms with E-state index in [0.29, 0.717) is 11.3 Å². The molecule has 2 aromatic heterocycles. The molecule has 2 amide bonds. The van der Waals surface area contributed by atoms with E-state index in [-0.39, 0.29) is 23.6 Å². The second-order valence-electron chi connectivity index (χ2n) is 7.16. The van der Waals surface area contributed by atoms with Crippen LogP contribution in [0.25, 0.3) is 0 Å². The van der Waals surface area contributed by atoms with E-state index in [4.69, 9.17) is 4.42 Å². The summed E-state index contributed by atoms with van der Waals surface area (Å²) in [6.45, 7) is 0. The van der Waals surface area contributed by atoms with Crippen molar-refractivity contribution in [3.63, 3.8) is 0 Å². The Balaban J connectivity index is 1.77. The fraction of sp³-hybridized carbons (Fsp3) is 0.261. The van der Waals surface area contributed by atoms with Crippen molar-refractivity contribution < 1.29 is 14.0 Å². The second kappa shape index (κ2) is 8.73. The molecular weight excluding hydrogens is 366 g/mol. The van der Waals surface area contributed by atoms with Crippen LogP contribution in [0.1, 0.15) is 47.8 Å². The van der Waals surface area contributed by atoms with Gasteiger partial charge in [-0.05, 0) is 54.8 Å². The van der Waals surface area contributed by atoms with Crippen LogP contribution in [-0.2, 0) is 4.79 Å². The highest BCUT2D eigenvalue weighted by Crippen LogP contribution is 2.30. The van der Waals surface area contributed by atoms with Crippen LogP contribution in [-0.4, -0.2) is 22.8 Å². The smallest absolute Gasteiger partial charge is 0.294 e. The highest BCUT2D eigenvalue weighted by atomic mass is 16.3. The number of carbonyl (C=O) groups excluding carboxylic acids is 2. The molecule has 148 valence electrons. The van der Waals surface area contributed by atoms with Gasteiger partial charge in [-0.15, -0.1) is 0 Å². The average Bonchev–Trinajstić information content (AvgIpc) is 3.47. The molecule has 1 aromatic carbocycles. The molecule has 0 radical (unpaired) electrons. The van der Waals surface area contributed by atoms with Crippen LogP contribution in [0, 0.1) is 0 Å². The molecule has 0 unspecified atom stereocenters. The van der Waals surface area contributed by atoms with Crippen molar-refractivity contribution in [3.8, 4) is 0 Å². The molecule has 6 heteroatoms. The Hall–Kier alpha value is -3.41. The molecule has 0 bridgehead atoms. The molecule has 6 nitrogen and oxygen atoms in total. The average molecular weight is 389 g/mol. The number of carbonyl (C=O) groups is 2. The molecule has 1 aliphatic carbocycles. The van der Waals surface area contributed by atoms with Gasteiger partial charge in [0.15, 0.2) is 5.76 Å². The van der Waals surface area contributed by atoms with Crippen molar-refractivity contribution in [2.45, 2.75) is 37.8 Å². The summed E-state index contributed by atoms with van der Waals surface area (Å²) in [5.74, 6) is -0.391. The first-order valence-electron chi connectivity index (χ1n) is 9.86. The van der Waals surface area contributed by atoms with E-state index in [2.05, 4.69) is 10.3 Å². The maximum Gasteiger partial charge on any atom is 0.294 e. The van der Waals surface area contributed by atoms with Gasteiger partial charge >= 0.3 is 0 Å². The molecule has 1 saturated carbocycles. The number of furan rings is 1. The van der Waals surface area contributed by atoms with Gasteiger partial charge in [-0.25, -0.2) is 0 Å². The van der Waals surface area contributed by atoms with E-state index < -0.39 is 6.04 Å². The molecular formula is C23H23N3O3. The van der Waals surface area contributed by atoms with Gasteiger partial charge in [-0.2, -0.15) is 0 Å². The summed E-state index contributed by atoms with van der Waals surface area (Å²) in [5.41, 5.74) is 1.32. The first kappa shape index (κ1) is 18.9. The largest absolute Gasteiger partial charge is 0.459 e. The fourth-order valence-electron chi connectivity index (χ4n) is 3.80. The third-order valence-corrected chi connectivity index (χ3v) is 5.22. The molecule has 0 saturated heterocycles. The zero-order valence-corrected chi connectivity index (χ0v) is 16.0. The van der Waals surface area contributed by atoms with Crippen molar-refractivity contribution >= 4 is 17.5 Å². The maximum absolute atomic E-state index is 13.4. The molecule has 29 heavy (non-hydrogen) atoms. The molecule has 0 spiro atoms. The van der Waals surface area contributed by atoms with Gasteiger partial charge in [-0.3, -0.25) is 19.5 Å². The molecule has 1 N–H and O–H groups in total. The number of hydrogen-bond acceptors (Lipinski definition) is 4. The predicted molar refractivity (Wildman–Crippen MR) is 109 cm³/mol. The highest BCUT2D eigenvalue weighted by molar-refractivity contribution is 6.08. The molecule has 3 aromatic rings. The molecule has 0 aliphatic heterocycles. The van der Waals surface area contributed by atoms with E-state index in [0.717, 1.165) is 25.7 Å². The lowest BCUT2D eigenvalue weighted by molar-refractivity contribution is -0.123. The van der Waals surface area contributed by atoms with Crippen LogP contribution in [0.2, 0.25) is 0 Å². The minimum Gasteiger partial charge on any atom is -0.459 e. The third-order valence-electron chi connectivity index (χ3n) is 5.22. The quantitative estimate of drug-likeness (QED) is 0.688. The lowest BCUT2D eigenvalue weighted by Crippen LogP contribution is -2.46. The number of nitrogens with zero attached hydrogens (tertiary/aromatic N) is 2. The number of benzene rings is 1. The SMILES string of the molecule is O=C(NC1CCCC1)[C@@H](c1ccncc1)N(C(=O)c1ccco1)c1ccccc1. The topological polar surface area (TPSA) is 75.4 Å². The Morgan fingerprint density at radius 3 is 2.38 bits per heavy atom. The Bertz CT molecular complexity index is 936. The number of para-hydroxylation sites is 1. The summed E-state index contributed by atoms with van der Waals surface area (Å²) in [4.78, 5) is 32.4. The Morgan fingerprint density at radius 1 is 1.00 bits per heavy atom. The van der Waals surface area contributed by atoms with Crippen LogP contribution in [0.5, 0.6) is 0 Å². The zero-order chi connectivity index (χ0) is 20.1. The van der Waals surface area contributed by atoms with Gasteiger partial charge in [0.2, 0.25) is 5.91 Å². The van der Waals surface area contributed by atoms with Gasteiger partial charge in [0.25, 0.3) is 5.91 Å². The van der Waals surface area contributed by atoms with Crippen LogP contribution in [0.4, 0.5) is 5.69 Å². The second-order valence-corrected chi connectivity index (χ2v) is 7.16. The van der Waals surface area contributed by atoms with Crippen LogP contribution in [0.3, 0.4) is 0 Å². The van der Waals surface area contributed by atoms with Crippen molar-refractivity contribution in [3.05, 3.63) is 84.6 Å². The monoisotopic (exact) mass is 389 g/mol. The predicted octanol–water partition coefficient (Wildman–Crippen LogP) is 4.12. The highest BCUT2D eigenvalue weighted by Gasteiger charge is 2.35. The normalized spacial score (nSPS) is 15.0. The molecule has 4 rings (SSSR count). The van der Waals surface area contributed by atoms with E-state index >= 15 is 0 Å². The van der Waals surface area contributed by atoms with Crippen molar-refractivity contribution in [2.75, 3.05) is 4.90 Å². The summed E-state index contributed by atoms with van der Waals surface area (Å²) in [7, 11) is 0. The number of amides is 2. The van der Waals surface area contributed by atoms with Gasteiger partial charge in [0.1, 0.15) is 6.04 Å². The van der Waals surface area contributed by atoms with Crippen LogP contribution in [0.15, 0.2) is 77.7 Å². The van der Waals surface area contributed by atoms with Gasteiger partial charge in [0, 0.05) is 24.1 Å². The minimum absolute atomic E-state index is 0.142. The number of pyridine rings is 1. The summed E-state index contributed by atoms with van der Waals surface area (Å²) in [6.07, 6.45) is 8.86. The minimum atomic E-state index is -0.835. The van der Waals surface area contributed by atoms with Crippen molar-refractivity contribution in [2.24, 2.45) is 0 Å². The summed E-state index contributed by atoms with van der Waals surface area (Å²) < 4.78 is 5.36. The number of anilines is 1. The first-order valence-corrected chi connectivity index (χ1v) is 9.86. The summed E-state index contributed by atoms with van der Waals surface area (Å²) >= 11 is 0. The fourth-order valence-corrected chi connectivity index (χ4v) is 3.80. The zero-order valence-electron chi connectivity index (χ0n) is 16.0. The Morgan fingerprint density at radius 2 is 1.72 bits per heavy atom. The standard InChI is InChI=1S/C23H23N3O3/c27-22(25-18-7-4-5-8-18)21(17-12-14-24-15-13-17)26(19-9-2-1-3-10-19)23(28)20-11-6-16-29-20/h1-3,6,9-16,18,21H,4-5,7-8H2,(H,25,27)/t21-/m1/s1. The van der Waals surface area contributed by atoms with Crippen LogP contribution < -0.4 is 10.2 Å². The number of rotatable bonds is 6. The molecule has 1 aliphatic rings. The summed E-state index contributed by atoms with van der Waals surface area (Å²) in [6, 6.07) is 15.3. The van der Waals surface area contributed by atoms with E-state index in [1.54, 1.807) is 36.7 Å². The first-order chi connectivity index (χ1) is 14.2. The Kier molecular flexibility index (Phi) is 5.70. The number of hydrogen-bond donors (Lipinski definition) is 1. The molecule has 2 heterocycles. The molecule has 1 atom stereocenters. The maximum atomic E-state index is 13.4. The van der Waals surface area contributed by atoms with Gasteiger partial charge < -0.3 is 9.73 Å². The lowest BCUT2D eigenvalue weighted by atomic mass is 10.0. The van der Waals surface area contributed by atoms with Gasteiger partial charge in [-0.1, -0.05) is 31.0 Å². The van der Waals surface area contributed by atoms with Crippen molar-refractivity contribution in [1.29, 1.82) is 0 Å². The van der Waals surface area contributed by atoms with E-state index in [9.17, 15) is 9.59 Å². The molecule has 1 fully saturated rings. The van der Waals surface area contributed by atoms with E-state index in [1.165, 1.54) is 11.2 Å². The number of nitrogens with one attached hydrogen (secondary N) is 1. The van der Waals surface area contributed by atoms with E-state index in [1.807, 2.05) is 30.3 Å². The number of aromatic nitrogens is 1. The lowest BCUT2D eigenvalue weighted by Gasteiger charge is -2.31. The summed E-state index contributed by atoms with van der Waals surface area (Å²) in [5, 5.41) is 3.14. The Labute approximate surface area is 169 Å². The van der Waals surface area contributed by atoms with Gasteiger partial charge in [0.05, 0.1) is 6.26 Å².